The molecule has 2 heterocycles. The van der Waals surface area contributed by atoms with Gasteiger partial charge in [0, 0.05) is 0 Å². The van der Waals surface area contributed by atoms with E-state index >= 15 is 0 Å². The highest BCUT2D eigenvalue weighted by Gasteiger charge is 2.19. The topological polar surface area (TPSA) is 172 Å². The maximum absolute atomic E-state index is 12.9. The average Bonchev–Trinajstić information content (AvgIpc) is 3.66. The maximum atomic E-state index is 12.9. The van der Waals surface area contributed by atoms with E-state index in [0.717, 1.165) is 0 Å². The third-order valence-corrected chi connectivity index (χ3v) is 5.85. The molecule has 0 unspecified atom stereocenters. The molecule has 0 fully saturated rings. The lowest BCUT2D eigenvalue weighted by Gasteiger charge is -2.12. The first-order chi connectivity index (χ1) is 19.9. The van der Waals surface area contributed by atoms with E-state index in [1.165, 1.54) is 24.3 Å². The van der Waals surface area contributed by atoms with Crippen molar-refractivity contribution in [2.75, 3.05) is 18.9 Å². The van der Waals surface area contributed by atoms with E-state index in [4.69, 9.17) is 18.9 Å². The molecular formula is C29H19N5O7. The standard InChI is InChI=1S/C29H19N5O7/c30-13-19(9-17-5-7-23-25(11-17)40-15-38-23)27(35)32-22-4-2-1-3-21(22)29(37)34-33-28(36)20(14-31)10-18-6-8-24-26(12-18)41-16-39-24/h1-12H,15-16H2,(H,32,35)(H,33,36)(H,34,37)/b19-9+,20-10+. The Morgan fingerprint density at radius 3 is 1.80 bits per heavy atom. The second-order valence-corrected chi connectivity index (χ2v) is 8.47. The average molecular weight is 549 g/mol. The van der Waals surface area contributed by atoms with Crippen LogP contribution in [0.15, 0.2) is 71.8 Å². The normalized spacial score (nSPS) is 13.0. The summed E-state index contributed by atoms with van der Waals surface area (Å²) in [6.45, 7) is 0.164. The molecule has 0 radical (unpaired) electrons. The number of hydrogen-bond acceptors (Lipinski definition) is 9. The smallest absolute Gasteiger partial charge is 0.280 e. The molecule has 0 spiro atoms. The summed E-state index contributed by atoms with van der Waals surface area (Å²) in [7, 11) is 0. The highest BCUT2D eigenvalue weighted by molar-refractivity contribution is 6.13. The van der Waals surface area contributed by atoms with Crippen LogP contribution < -0.4 is 35.1 Å². The van der Waals surface area contributed by atoms with Crippen LogP contribution in [0.2, 0.25) is 0 Å². The van der Waals surface area contributed by atoms with Crippen LogP contribution in [0.3, 0.4) is 0 Å². The highest BCUT2D eigenvalue weighted by Crippen LogP contribution is 2.34. The molecule has 3 N–H and O–H groups in total. The molecule has 12 nitrogen and oxygen atoms in total. The van der Waals surface area contributed by atoms with Gasteiger partial charge in [-0.1, -0.05) is 24.3 Å². The molecule has 0 saturated carbocycles. The number of carbonyl (C=O) groups is 3. The van der Waals surface area contributed by atoms with Gasteiger partial charge in [0.25, 0.3) is 17.7 Å². The Labute approximate surface area is 233 Å². The molecule has 0 aromatic heterocycles. The predicted octanol–water partition coefficient (Wildman–Crippen LogP) is 3.06. The molecule has 3 amide bonds. The number of hydrogen-bond donors (Lipinski definition) is 3. The van der Waals surface area contributed by atoms with Gasteiger partial charge < -0.3 is 24.3 Å². The quantitative estimate of drug-likeness (QED) is 0.237. The van der Waals surface area contributed by atoms with Gasteiger partial charge in [0.15, 0.2) is 23.0 Å². The number of amides is 3. The third-order valence-electron chi connectivity index (χ3n) is 5.85. The van der Waals surface area contributed by atoms with Crippen LogP contribution in [-0.2, 0) is 9.59 Å². The fraction of sp³-hybridized carbons (Fsp3) is 0.0690. The van der Waals surface area contributed by atoms with Crippen molar-refractivity contribution >= 4 is 35.6 Å². The molecule has 0 atom stereocenters. The number of nitrogens with one attached hydrogen (secondary N) is 3. The lowest BCUT2D eigenvalue weighted by molar-refractivity contribution is -0.117. The third kappa shape index (κ3) is 5.92. The fourth-order valence-corrected chi connectivity index (χ4v) is 3.86. The number of ether oxygens (including phenoxy) is 4. The van der Waals surface area contributed by atoms with Crippen LogP contribution in [-0.4, -0.2) is 31.3 Å². The fourth-order valence-electron chi connectivity index (χ4n) is 3.86. The second-order valence-electron chi connectivity index (χ2n) is 8.47. The van der Waals surface area contributed by atoms with Crippen LogP contribution in [0.5, 0.6) is 23.0 Å². The van der Waals surface area contributed by atoms with Crippen LogP contribution in [0, 0.1) is 22.7 Å². The van der Waals surface area contributed by atoms with Crippen molar-refractivity contribution in [3.63, 3.8) is 0 Å². The van der Waals surface area contributed by atoms with Gasteiger partial charge in [-0.05, 0) is 59.7 Å². The highest BCUT2D eigenvalue weighted by atomic mass is 16.7. The number of benzene rings is 3. The molecule has 0 bridgehead atoms. The van der Waals surface area contributed by atoms with Crippen molar-refractivity contribution in [2.45, 2.75) is 0 Å². The molecule has 5 rings (SSSR count). The Morgan fingerprint density at radius 1 is 0.683 bits per heavy atom. The summed E-state index contributed by atoms with van der Waals surface area (Å²) < 4.78 is 21.1. The first-order valence-electron chi connectivity index (χ1n) is 12.0. The zero-order valence-corrected chi connectivity index (χ0v) is 21.1. The Balaban J connectivity index is 1.25. The minimum Gasteiger partial charge on any atom is -0.454 e. The lowest BCUT2D eigenvalue weighted by Crippen LogP contribution is -2.42. The van der Waals surface area contributed by atoms with E-state index in [-0.39, 0.29) is 36.0 Å². The van der Waals surface area contributed by atoms with E-state index in [2.05, 4.69) is 16.2 Å². The van der Waals surface area contributed by atoms with Gasteiger partial charge in [-0.25, -0.2) is 0 Å². The summed E-state index contributed by atoms with van der Waals surface area (Å²) >= 11 is 0. The number of para-hydroxylation sites is 1. The lowest BCUT2D eigenvalue weighted by atomic mass is 10.1. The number of fused-ring (bicyclic) bond motifs is 2. The molecule has 2 aliphatic heterocycles. The van der Waals surface area contributed by atoms with Gasteiger partial charge >= 0.3 is 0 Å². The van der Waals surface area contributed by atoms with Crippen molar-refractivity contribution in [2.24, 2.45) is 0 Å². The first kappa shape index (κ1) is 26.3. The molecule has 2 aliphatic rings. The second kappa shape index (κ2) is 11.6. The van der Waals surface area contributed by atoms with E-state index in [9.17, 15) is 24.9 Å². The summed E-state index contributed by atoms with van der Waals surface area (Å²) in [5, 5.41) is 21.6. The molecule has 3 aromatic rings. The SMILES string of the molecule is N#C/C(=C\c1ccc2c(c1)OCO2)C(=O)NNC(=O)c1ccccc1NC(=O)/C(C#N)=C/c1ccc2c(c1)OCO2. The monoisotopic (exact) mass is 549 g/mol. The number of carbonyl (C=O) groups excluding carboxylic acids is 3. The van der Waals surface area contributed by atoms with E-state index < -0.39 is 17.7 Å². The molecule has 0 aliphatic carbocycles. The van der Waals surface area contributed by atoms with Crippen LogP contribution >= 0.6 is 0 Å². The number of rotatable bonds is 6. The summed E-state index contributed by atoms with van der Waals surface area (Å²) in [4.78, 5) is 38.3. The Morgan fingerprint density at radius 2 is 1.22 bits per heavy atom. The van der Waals surface area contributed by atoms with Gasteiger partial charge in [-0.15, -0.1) is 0 Å². The first-order valence-corrected chi connectivity index (χ1v) is 12.0. The van der Waals surface area contributed by atoms with Crippen molar-refractivity contribution in [3.8, 4) is 35.1 Å². The molecule has 12 heteroatoms. The van der Waals surface area contributed by atoms with Crippen molar-refractivity contribution < 1.29 is 33.3 Å². The zero-order valence-electron chi connectivity index (χ0n) is 21.1. The van der Waals surface area contributed by atoms with E-state index in [0.29, 0.717) is 34.1 Å². The largest absolute Gasteiger partial charge is 0.454 e. The number of nitriles is 2. The van der Waals surface area contributed by atoms with E-state index in [1.807, 2.05) is 6.07 Å². The minimum absolute atomic E-state index is 0.000206. The van der Waals surface area contributed by atoms with Crippen molar-refractivity contribution in [1.82, 2.24) is 10.9 Å². The number of nitrogens with zero attached hydrogens (tertiary/aromatic N) is 2. The van der Waals surface area contributed by atoms with Crippen LogP contribution in [0.4, 0.5) is 5.69 Å². The Bertz CT molecular complexity index is 1720. The molecule has 0 saturated heterocycles. The van der Waals surface area contributed by atoms with Gasteiger partial charge in [0.1, 0.15) is 23.3 Å². The molecular weight excluding hydrogens is 530 g/mol. The summed E-state index contributed by atoms with van der Waals surface area (Å²) in [5.41, 5.74) is 5.06. The molecule has 41 heavy (non-hydrogen) atoms. The Hall–Kier alpha value is -6.27. The predicted molar refractivity (Wildman–Crippen MR) is 143 cm³/mol. The van der Waals surface area contributed by atoms with Gasteiger partial charge in [-0.3, -0.25) is 25.2 Å². The molecule has 3 aromatic carbocycles. The number of hydrazine groups is 1. The zero-order chi connectivity index (χ0) is 28.8. The van der Waals surface area contributed by atoms with Crippen molar-refractivity contribution in [1.29, 1.82) is 10.5 Å². The summed E-state index contributed by atoms with van der Waals surface area (Å²) in [6.07, 6.45) is 2.70. The maximum Gasteiger partial charge on any atom is 0.280 e. The van der Waals surface area contributed by atoms with Crippen LogP contribution in [0.25, 0.3) is 12.2 Å². The van der Waals surface area contributed by atoms with E-state index in [1.54, 1.807) is 54.6 Å². The Kier molecular flexibility index (Phi) is 7.47. The van der Waals surface area contributed by atoms with Gasteiger partial charge in [-0.2, -0.15) is 10.5 Å². The minimum atomic E-state index is -0.863. The summed E-state index contributed by atoms with van der Waals surface area (Å²) in [5.74, 6) is -0.311. The van der Waals surface area contributed by atoms with Crippen LogP contribution in [0.1, 0.15) is 21.5 Å². The van der Waals surface area contributed by atoms with Gasteiger partial charge in [0.05, 0.1) is 11.3 Å². The number of anilines is 1. The van der Waals surface area contributed by atoms with Crippen molar-refractivity contribution in [3.05, 3.63) is 88.5 Å². The van der Waals surface area contributed by atoms with Gasteiger partial charge in [0.2, 0.25) is 13.6 Å². The molecule has 202 valence electrons. The summed E-state index contributed by atoms with van der Waals surface area (Å²) in [6, 6.07) is 19.5.